The highest BCUT2D eigenvalue weighted by Crippen LogP contribution is 2.18. The Morgan fingerprint density at radius 1 is 0.389 bits per heavy atom. The van der Waals surface area contributed by atoms with E-state index in [0.29, 0.717) is 13.2 Å². The molecule has 0 amide bonds. The Labute approximate surface area is 338 Å². The maximum atomic E-state index is 12.2. The monoisotopic (exact) mass is 765 g/mol. The highest BCUT2D eigenvalue weighted by atomic mass is 16.5. The van der Waals surface area contributed by atoms with E-state index in [1.807, 2.05) is 0 Å². The average Bonchev–Trinajstić information content (AvgIpc) is 3.16. The zero-order valence-corrected chi connectivity index (χ0v) is 37.6. The van der Waals surface area contributed by atoms with Gasteiger partial charge in [-0.15, -0.1) is 0 Å². The van der Waals surface area contributed by atoms with Crippen LogP contribution in [0.4, 0.5) is 0 Å². The van der Waals surface area contributed by atoms with E-state index in [4.69, 9.17) is 9.47 Å². The van der Waals surface area contributed by atoms with Crippen LogP contribution in [0.3, 0.4) is 0 Å². The lowest BCUT2D eigenvalue weighted by Gasteiger charge is -2.24. The van der Waals surface area contributed by atoms with Crippen LogP contribution in [-0.2, 0) is 19.1 Å². The van der Waals surface area contributed by atoms with Crippen molar-refractivity contribution in [1.29, 1.82) is 0 Å². The highest BCUT2D eigenvalue weighted by molar-refractivity contribution is 5.72. The van der Waals surface area contributed by atoms with Crippen molar-refractivity contribution in [2.75, 3.05) is 53.5 Å². The summed E-state index contributed by atoms with van der Waals surface area (Å²) in [5.41, 5.74) is 0. The summed E-state index contributed by atoms with van der Waals surface area (Å²) in [6, 6.07) is 0. The molecule has 322 valence electrons. The largest absolute Gasteiger partial charge is 0.465 e. The van der Waals surface area contributed by atoms with Crippen molar-refractivity contribution in [2.45, 2.75) is 233 Å². The molecule has 0 radical (unpaired) electrons. The third kappa shape index (κ3) is 35.3. The summed E-state index contributed by atoms with van der Waals surface area (Å²) in [5.74, 6) is 0.286. The molecule has 54 heavy (non-hydrogen) atoms. The molecule has 6 heteroatoms. The Morgan fingerprint density at radius 2 is 0.685 bits per heavy atom. The topological polar surface area (TPSA) is 59.1 Å². The van der Waals surface area contributed by atoms with Crippen LogP contribution in [0.2, 0.25) is 0 Å². The normalized spacial score (nSPS) is 12.8. The third-order valence-corrected chi connectivity index (χ3v) is 11.6. The minimum atomic E-state index is 0.0337. The molecule has 0 saturated heterocycles. The van der Waals surface area contributed by atoms with Crippen molar-refractivity contribution >= 4 is 11.9 Å². The van der Waals surface area contributed by atoms with Gasteiger partial charge in [-0.3, -0.25) is 9.59 Å². The van der Waals surface area contributed by atoms with E-state index in [2.05, 4.69) is 51.6 Å². The van der Waals surface area contributed by atoms with Gasteiger partial charge in [-0.1, -0.05) is 182 Å². The van der Waals surface area contributed by atoms with Gasteiger partial charge < -0.3 is 19.3 Å². The number of esters is 2. The van der Waals surface area contributed by atoms with Crippen molar-refractivity contribution in [1.82, 2.24) is 9.80 Å². The van der Waals surface area contributed by atoms with Crippen molar-refractivity contribution in [3.05, 3.63) is 0 Å². The van der Waals surface area contributed by atoms with Crippen molar-refractivity contribution in [3.63, 3.8) is 0 Å². The smallest absolute Gasteiger partial charge is 0.308 e. The molecule has 0 aliphatic carbocycles. The fourth-order valence-corrected chi connectivity index (χ4v) is 7.55. The van der Waals surface area contributed by atoms with Gasteiger partial charge >= 0.3 is 11.9 Å². The zero-order chi connectivity index (χ0) is 39.7. The number of carbonyl (C=O) groups excluding carboxylic acids is 2. The molecule has 0 saturated carbocycles. The molecular weight excluding hydrogens is 669 g/mol. The quantitative estimate of drug-likeness (QED) is 0.0455. The molecule has 0 bridgehead atoms. The third-order valence-electron chi connectivity index (χ3n) is 11.6. The Morgan fingerprint density at radius 3 is 0.963 bits per heavy atom. The summed E-state index contributed by atoms with van der Waals surface area (Å²) in [4.78, 5) is 29.5. The minimum absolute atomic E-state index is 0.0337. The fraction of sp³-hybridized carbons (Fsp3) is 0.958. The van der Waals surface area contributed by atoms with Crippen LogP contribution in [-0.4, -0.2) is 75.2 Å². The summed E-state index contributed by atoms with van der Waals surface area (Å²) in [6.07, 6.45) is 40.1. The van der Waals surface area contributed by atoms with Gasteiger partial charge in [0.15, 0.2) is 0 Å². The van der Waals surface area contributed by atoms with E-state index >= 15 is 0 Å². The standard InChI is InChI=1S/C48H96N2O4/c1-7-11-37-45(9-3)47(51)53-43-35-31-27-23-19-15-13-17-21-25-29-33-39-50(42-41-49(5)6)40-34-30-26-22-18-14-16-20-24-28-32-36-44-54-48(52)46(10-4)38-12-8-2/h45-46H,7-44H2,1-6H3. The average molecular weight is 765 g/mol. The summed E-state index contributed by atoms with van der Waals surface area (Å²) >= 11 is 0. The van der Waals surface area contributed by atoms with Crippen molar-refractivity contribution < 1.29 is 19.1 Å². The number of carbonyl (C=O) groups is 2. The second-order valence-electron chi connectivity index (χ2n) is 17.0. The van der Waals surface area contributed by atoms with Crippen LogP contribution in [0, 0.1) is 11.8 Å². The molecule has 2 atom stereocenters. The molecule has 0 aliphatic heterocycles. The number of ether oxygens (including phenoxy) is 2. The van der Waals surface area contributed by atoms with Gasteiger partial charge in [-0.05, 0) is 78.6 Å². The van der Waals surface area contributed by atoms with Crippen LogP contribution in [0.25, 0.3) is 0 Å². The van der Waals surface area contributed by atoms with Crippen LogP contribution in [0.1, 0.15) is 233 Å². The van der Waals surface area contributed by atoms with Crippen LogP contribution >= 0.6 is 0 Å². The Hall–Kier alpha value is -1.14. The van der Waals surface area contributed by atoms with Gasteiger partial charge in [-0.2, -0.15) is 0 Å². The fourth-order valence-electron chi connectivity index (χ4n) is 7.55. The molecule has 0 rings (SSSR count). The number of nitrogens with zero attached hydrogens (tertiary/aromatic N) is 2. The lowest BCUT2D eigenvalue weighted by molar-refractivity contribution is -0.150. The molecule has 0 N–H and O–H groups in total. The SMILES string of the molecule is CCCCC(CC)C(=O)OCCCCCCCCCCCCCCN(CCCCCCCCCCCCCCOC(=O)C(CC)CCCC)CCN(C)C. The van der Waals surface area contributed by atoms with E-state index in [0.717, 1.165) is 70.8 Å². The summed E-state index contributed by atoms with van der Waals surface area (Å²) in [5, 5.41) is 0. The van der Waals surface area contributed by atoms with Gasteiger partial charge in [0, 0.05) is 13.1 Å². The summed E-state index contributed by atoms with van der Waals surface area (Å²) < 4.78 is 11.1. The van der Waals surface area contributed by atoms with Gasteiger partial charge in [0.05, 0.1) is 25.0 Å². The second-order valence-corrected chi connectivity index (χ2v) is 17.0. The predicted octanol–water partition coefficient (Wildman–Crippen LogP) is 13.7. The number of likely N-dealkylation sites (N-methyl/N-ethyl adjacent to an activating group) is 1. The Balaban J connectivity index is 3.67. The maximum absolute atomic E-state index is 12.2. The molecule has 2 unspecified atom stereocenters. The zero-order valence-electron chi connectivity index (χ0n) is 37.6. The Bertz CT molecular complexity index is 733. The number of hydrogen-bond acceptors (Lipinski definition) is 6. The van der Waals surface area contributed by atoms with E-state index < -0.39 is 0 Å². The predicted molar refractivity (Wildman–Crippen MR) is 234 cm³/mol. The first-order valence-electron chi connectivity index (χ1n) is 24.1. The first kappa shape index (κ1) is 52.9. The summed E-state index contributed by atoms with van der Waals surface area (Å²) in [7, 11) is 4.40. The van der Waals surface area contributed by atoms with Crippen molar-refractivity contribution in [3.8, 4) is 0 Å². The maximum Gasteiger partial charge on any atom is 0.308 e. The Kier molecular flexibility index (Phi) is 40.6. The van der Waals surface area contributed by atoms with E-state index in [1.54, 1.807) is 0 Å². The molecule has 0 fully saturated rings. The van der Waals surface area contributed by atoms with Crippen LogP contribution in [0.15, 0.2) is 0 Å². The molecule has 0 aliphatic rings. The number of rotatable bonds is 43. The van der Waals surface area contributed by atoms with Crippen LogP contribution in [0.5, 0.6) is 0 Å². The second kappa shape index (κ2) is 41.5. The van der Waals surface area contributed by atoms with Gasteiger partial charge in [0.25, 0.3) is 0 Å². The van der Waals surface area contributed by atoms with Gasteiger partial charge in [0.1, 0.15) is 0 Å². The molecule has 0 spiro atoms. The van der Waals surface area contributed by atoms with Crippen molar-refractivity contribution in [2.24, 2.45) is 11.8 Å². The molecule has 0 aromatic carbocycles. The molecule has 0 aromatic rings. The highest BCUT2D eigenvalue weighted by Gasteiger charge is 2.18. The first-order valence-corrected chi connectivity index (χ1v) is 24.1. The first-order chi connectivity index (χ1) is 26.4. The molecule has 0 aromatic heterocycles. The van der Waals surface area contributed by atoms with E-state index in [-0.39, 0.29) is 23.8 Å². The summed E-state index contributed by atoms with van der Waals surface area (Å²) in [6.45, 7) is 14.7. The van der Waals surface area contributed by atoms with Crippen LogP contribution < -0.4 is 0 Å². The molecule has 6 nitrogen and oxygen atoms in total. The lowest BCUT2D eigenvalue weighted by atomic mass is 10.00. The molecular formula is C48H96N2O4. The number of unbranched alkanes of at least 4 members (excludes halogenated alkanes) is 24. The lowest BCUT2D eigenvalue weighted by Crippen LogP contribution is -2.33. The van der Waals surface area contributed by atoms with Gasteiger partial charge in [0.2, 0.25) is 0 Å². The van der Waals surface area contributed by atoms with E-state index in [9.17, 15) is 9.59 Å². The minimum Gasteiger partial charge on any atom is -0.465 e. The molecule has 0 heterocycles. The van der Waals surface area contributed by atoms with E-state index in [1.165, 1.54) is 161 Å². The number of hydrogen-bond donors (Lipinski definition) is 0. The van der Waals surface area contributed by atoms with Gasteiger partial charge in [-0.25, -0.2) is 0 Å².